The first kappa shape index (κ1) is 13.5. The minimum Gasteiger partial charge on any atom is -0.397 e. The molecule has 0 saturated carbocycles. The van der Waals surface area contributed by atoms with Gasteiger partial charge in [0.1, 0.15) is 0 Å². The summed E-state index contributed by atoms with van der Waals surface area (Å²) in [6.07, 6.45) is 3.36. The van der Waals surface area contributed by atoms with Gasteiger partial charge in [0.2, 0.25) is 5.95 Å². The SMILES string of the molecule is Nc1ccc(F)c(F)c1N1CCN(c2ncccn2)CC1. The van der Waals surface area contributed by atoms with E-state index in [4.69, 9.17) is 5.73 Å². The molecule has 5 nitrogen and oxygen atoms in total. The second-order valence-corrected chi connectivity index (χ2v) is 4.82. The molecule has 2 N–H and O–H groups in total. The molecule has 1 saturated heterocycles. The first-order chi connectivity index (χ1) is 10.2. The van der Waals surface area contributed by atoms with Crippen LogP contribution >= 0.6 is 0 Å². The molecule has 2 aromatic rings. The van der Waals surface area contributed by atoms with Crippen LogP contribution in [0.5, 0.6) is 0 Å². The molecule has 0 unspecified atom stereocenters. The van der Waals surface area contributed by atoms with Crippen LogP contribution in [0, 0.1) is 11.6 Å². The Balaban J connectivity index is 1.76. The van der Waals surface area contributed by atoms with Crippen molar-refractivity contribution in [1.29, 1.82) is 0 Å². The minimum atomic E-state index is -0.889. The quantitative estimate of drug-likeness (QED) is 0.853. The lowest BCUT2D eigenvalue weighted by Gasteiger charge is -2.36. The molecule has 1 aromatic heterocycles. The Hall–Kier alpha value is -2.44. The molecule has 110 valence electrons. The number of nitrogens with two attached hydrogens (primary N) is 1. The minimum absolute atomic E-state index is 0.142. The Kier molecular flexibility index (Phi) is 3.55. The van der Waals surface area contributed by atoms with E-state index in [2.05, 4.69) is 9.97 Å². The molecule has 0 amide bonds. The first-order valence-electron chi connectivity index (χ1n) is 6.67. The molecule has 0 aliphatic carbocycles. The summed E-state index contributed by atoms with van der Waals surface area (Å²) in [7, 11) is 0. The van der Waals surface area contributed by atoms with Gasteiger partial charge in [-0.15, -0.1) is 0 Å². The van der Waals surface area contributed by atoms with E-state index in [0.717, 1.165) is 6.07 Å². The van der Waals surface area contributed by atoms with Crippen LogP contribution in [-0.2, 0) is 0 Å². The number of aromatic nitrogens is 2. The molecule has 0 atom stereocenters. The summed E-state index contributed by atoms with van der Waals surface area (Å²) in [5, 5.41) is 0. The average molecular weight is 291 g/mol. The molecule has 1 aliphatic rings. The molecule has 3 rings (SSSR count). The van der Waals surface area contributed by atoms with Gasteiger partial charge in [0.15, 0.2) is 11.6 Å². The van der Waals surface area contributed by atoms with Gasteiger partial charge in [-0.2, -0.15) is 0 Å². The van der Waals surface area contributed by atoms with Gasteiger partial charge in [-0.1, -0.05) is 0 Å². The van der Waals surface area contributed by atoms with Gasteiger partial charge in [-0.25, -0.2) is 18.7 Å². The Morgan fingerprint density at radius 1 is 0.952 bits per heavy atom. The van der Waals surface area contributed by atoms with Crippen LogP contribution in [-0.4, -0.2) is 36.1 Å². The van der Waals surface area contributed by atoms with Crippen molar-refractivity contribution in [1.82, 2.24) is 9.97 Å². The highest BCUT2D eigenvalue weighted by molar-refractivity contribution is 5.69. The second-order valence-electron chi connectivity index (χ2n) is 4.82. The van der Waals surface area contributed by atoms with Gasteiger partial charge < -0.3 is 15.5 Å². The highest BCUT2D eigenvalue weighted by Gasteiger charge is 2.24. The maximum Gasteiger partial charge on any atom is 0.225 e. The van der Waals surface area contributed by atoms with Crippen LogP contribution in [0.2, 0.25) is 0 Å². The van der Waals surface area contributed by atoms with Gasteiger partial charge in [-0.3, -0.25) is 0 Å². The highest BCUT2D eigenvalue weighted by atomic mass is 19.2. The van der Waals surface area contributed by atoms with E-state index in [-0.39, 0.29) is 11.4 Å². The number of halogens is 2. The van der Waals surface area contributed by atoms with Crippen molar-refractivity contribution in [2.24, 2.45) is 0 Å². The fourth-order valence-corrected chi connectivity index (χ4v) is 2.46. The third kappa shape index (κ3) is 2.58. The molecular weight excluding hydrogens is 276 g/mol. The summed E-state index contributed by atoms with van der Waals surface area (Å²) in [6.45, 7) is 2.31. The molecule has 1 aromatic carbocycles. The zero-order chi connectivity index (χ0) is 14.8. The summed E-state index contributed by atoms with van der Waals surface area (Å²) in [6, 6.07) is 4.19. The van der Waals surface area contributed by atoms with E-state index >= 15 is 0 Å². The number of piperazine rings is 1. The Bertz CT molecular complexity index is 627. The largest absolute Gasteiger partial charge is 0.397 e. The van der Waals surface area contributed by atoms with Crippen LogP contribution < -0.4 is 15.5 Å². The van der Waals surface area contributed by atoms with Gasteiger partial charge in [0, 0.05) is 38.6 Å². The third-order valence-electron chi connectivity index (χ3n) is 3.53. The Morgan fingerprint density at radius 2 is 1.57 bits per heavy atom. The first-order valence-corrected chi connectivity index (χ1v) is 6.67. The number of rotatable bonds is 2. The van der Waals surface area contributed by atoms with Gasteiger partial charge >= 0.3 is 0 Å². The number of anilines is 3. The van der Waals surface area contributed by atoms with E-state index in [1.165, 1.54) is 6.07 Å². The molecule has 7 heteroatoms. The Labute approximate surface area is 121 Å². The summed E-state index contributed by atoms with van der Waals surface area (Å²) >= 11 is 0. The van der Waals surface area contributed by atoms with Gasteiger partial charge in [0.25, 0.3) is 0 Å². The number of nitrogen functional groups attached to an aromatic ring is 1. The monoisotopic (exact) mass is 291 g/mol. The molecular formula is C14H15F2N5. The normalized spacial score (nSPS) is 15.3. The van der Waals surface area contributed by atoms with Crippen molar-refractivity contribution < 1.29 is 8.78 Å². The van der Waals surface area contributed by atoms with Gasteiger partial charge in [-0.05, 0) is 18.2 Å². The lowest BCUT2D eigenvalue weighted by Crippen LogP contribution is -2.47. The van der Waals surface area contributed by atoms with Crippen LogP contribution in [0.4, 0.5) is 26.1 Å². The zero-order valence-corrected chi connectivity index (χ0v) is 11.3. The molecule has 1 aliphatic heterocycles. The van der Waals surface area contributed by atoms with Crippen LogP contribution in [0.15, 0.2) is 30.6 Å². The predicted molar refractivity (Wildman–Crippen MR) is 77.2 cm³/mol. The van der Waals surface area contributed by atoms with Crippen molar-refractivity contribution in [2.75, 3.05) is 41.7 Å². The van der Waals surface area contributed by atoms with Crippen LogP contribution in [0.1, 0.15) is 0 Å². The molecule has 0 radical (unpaired) electrons. The lowest BCUT2D eigenvalue weighted by molar-refractivity contribution is 0.503. The maximum absolute atomic E-state index is 13.9. The summed E-state index contributed by atoms with van der Waals surface area (Å²) in [5.41, 5.74) is 6.17. The molecule has 2 heterocycles. The standard InChI is InChI=1S/C14H15F2N5/c15-10-2-3-11(17)13(12(10)16)20-6-8-21(9-7-20)14-18-4-1-5-19-14/h1-5H,6-9,17H2. The zero-order valence-electron chi connectivity index (χ0n) is 11.3. The molecule has 0 bridgehead atoms. The molecule has 0 spiro atoms. The average Bonchev–Trinajstić information content (AvgIpc) is 2.53. The lowest BCUT2D eigenvalue weighted by atomic mass is 10.2. The summed E-state index contributed by atoms with van der Waals surface area (Å²) in [5.74, 6) is -1.13. The predicted octanol–water partition coefficient (Wildman–Crippen LogP) is 1.66. The maximum atomic E-state index is 13.9. The van der Waals surface area contributed by atoms with Crippen LogP contribution in [0.25, 0.3) is 0 Å². The van der Waals surface area contributed by atoms with E-state index < -0.39 is 11.6 Å². The summed E-state index contributed by atoms with van der Waals surface area (Å²) < 4.78 is 27.3. The van der Waals surface area contributed by atoms with E-state index in [1.807, 2.05) is 4.90 Å². The van der Waals surface area contributed by atoms with Crippen LogP contribution in [0.3, 0.4) is 0 Å². The van der Waals surface area contributed by atoms with Crippen molar-refractivity contribution in [3.05, 3.63) is 42.2 Å². The number of benzene rings is 1. The van der Waals surface area contributed by atoms with Gasteiger partial charge in [0.05, 0.1) is 11.4 Å². The topological polar surface area (TPSA) is 58.3 Å². The van der Waals surface area contributed by atoms with E-state index in [0.29, 0.717) is 32.1 Å². The second kappa shape index (κ2) is 5.51. The highest BCUT2D eigenvalue weighted by Crippen LogP contribution is 2.29. The summed E-state index contributed by atoms with van der Waals surface area (Å²) in [4.78, 5) is 12.1. The van der Waals surface area contributed by atoms with Crippen molar-refractivity contribution >= 4 is 17.3 Å². The number of hydrogen-bond donors (Lipinski definition) is 1. The number of nitrogens with zero attached hydrogens (tertiary/aromatic N) is 4. The fraction of sp³-hybridized carbons (Fsp3) is 0.286. The smallest absolute Gasteiger partial charge is 0.225 e. The number of hydrogen-bond acceptors (Lipinski definition) is 5. The fourth-order valence-electron chi connectivity index (χ4n) is 2.46. The van der Waals surface area contributed by atoms with E-state index in [9.17, 15) is 8.78 Å². The van der Waals surface area contributed by atoms with Crippen molar-refractivity contribution in [3.8, 4) is 0 Å². The van der Waals surface area contributed by atoms with Crippen molar-refractivity contribution in [3.63, 3.8) is 0 Å². The molecule has 1 fully saturated rings. The molecule has 21 heavy (non-hydrogen) atoms. The third-order valence-corrected chi connectivity index (χ3v) is 3.53. The Morgan fingerprint density at radius 3 is 2.24 bits per heavy atom. The van der Waals surface area contributed by atoms with E-state index in [1.54, 1.807) is 23.4 Å². The van der Waals surface area contributed by atoms with Crippen molar-refractivity contribution in [2.45, 2.75) is 0 Å².